The molecule has 3 aromatic heterocycles. The topological polar surface area (TPSA) is 95.1 Å². The van der Waals surface area contributed by atoms with Crippen molar-refractivity contribution < 1.29 is 13.9 Å². The summed E-state index contributed by atoms with van der Waals surface area (Å²) in [5.74, 6) is 2.21. The molecule has 9 heteroatoms. The summed E-state index contributed by atoms with van der Waals surface area (Å²) in [7, 11) is 0. The molecule has 0 bridgehead atoms. The Morgan fingerprint density at radius 1 is 1.19 bits per heavy atom. The zero-order chi connectivity index (χ0) is 22.3. The van der Waals surface area contributed by atoms with E-state index >= 15 is 0 Å². The molecule has 0 fully saturated rings. The lowest BCUT2D eigenvalue weighted by molar-refractivity contribution is -0.119. The third kappa shape index (κ3) is 5.00. The Morgan fingerprint density at radius 3 is 2.72 bits per heavy atom. The molecule has 0 saturated carbocycles. The summed E-state index contributed by atoms with van der Waals surface area (Å²) < 4.78 is 12.8. The van der Waals surface area contributed by atoms with Crippen LogP contribution < -0.4 is 10.1 Å². The molecule has 1 aromatic carbocycles. The monoisotopic (exact) mass is 449 g/mol. The highest BCUT2D eigenvalue weighted by Gasteiger charge is 2.19. The lowest BCUT2D eigenvalue weighted by Gasteiger charge is -2.13. The van der Waals surface area contributed by atoms with Gasteiger partial charge in [-0.2, -0.15) is 0 Å². The third-order valence-corrected chi connectivity index (χ3v) is 5.57. The van der Waals surface area contributed by atoms with Gasteiger partial charge >= 0.3 is 0 Å². The fourth-order valence-corrected chi connectivity index (χ4v) is 3.92. The summed E-state index contributed by atoms with van der Waals surface area (Å²) in [6.07, 6.45) is 5.04. The molecular formula is C23H23N5O3S. The lowest BCUT2D eigenvalue weighted by atomic mass is 10.2. The highest BCUT2D eigenvalue weighted by Crippen LogP contribution is 2.28. The highest BCUT2D eigenvalue weighted by atomic mass is 32.2. The molecule has 1 amide bonds. The van der Waals surface area contributed by atoms with Crippen molar-refractivity contribution in [3.63, 3.8) is 0 Å². The average Bonchev–Trinajstić information content (AvgIpc) is 3.50. The first-order valence-electron chi connectivity index (χ1n) is 10.2. The third-order valence-electron chi connectivity index (χ3n) is 4.64. The molecule has 0 aliphatic rings. The van der Waals surface area contributed by atoms with Crippen molar-refractivity contribution in [2.24, 2.45) is 0 Å². The molecule has 0 spiro atoms. The van der Waals surface area contributed by atoms with Crippen molar-refractivity contribution >= 4 is 17.7 Å². The molecular weight excluding hydrogens is 426 g/mol. The normalized spacial score (nSPS) is 11.8. The molecule has 3 heterocycles. The Labute approximate surface area is 190 Å². The minimum Gasteiger partial charge on any atom is -0.494 e. The van der Waals surface area contributed by atoms with Gasteiger partial charge in [0.05, 0.1) is 24.7 Å². The Balaban J connectivity index is 1.56. The predicted molar refractivity (Wildman–Crippen MR) is 122 cm³/mol. The van der Waals surface area contributed by atoms with E-state index in [1.807, 2.05) is 60.9 Å². The number of ether oxygens (including phenoxy) is 1. The fourth-order valence-electron chi connectivity index (χ4n) is 3.16. The van der Waals surface area contributed by atoms with Gasteiger partial charge in [-0.3, -0.25) is 14.3 Å². The number of hydrogen-bond donors (Lipinski definition) is 1. The first-order chi connectivity index (χ1) is 15.7. The second-order valence-corrected chi connectivity index (χ2v) is 7.85. The molecule has 32 heavy (non-hydrogen) atoms. The minimum absolute atomic E-state index is 0.122. The maximum Gasteiger partial charge on any atom is 0.231 e. The van der Waals surface area contributed by atoms with Gasteiger partial charge in [0, 0.05) is 23.6 Å². The maximum atomic E-state index is 12.5. The number of aromatic nitrogens is 4. The number of nitrogens with one attached hydrogen (secondary N) is 1. The van der Waals surface area contributed by atoms with E-state index in [9.17, 15) is 4.79 Å². The molecule has 1 N–H and O–H groups in total. The van der Waals surface area contributed by atoms with Crippen molar-refractivity contribution in [2.45, 2.75) is 25.0 Å². The summed E-state index contributed by atoms with van der Waals surface area (Å²) in [5, 5.41) is 12.3. The van der Waals surface area contributed by atoms with E-state index in [4.69, 9.17) is 9.15 Å². The van der Waals surface area contributed by atoms with Crippen LogP contribution in [0.25, 0.3) is 17.1 Å². The Bertz CT molecular complexity index is 1140. The lowest BCUT2D eigenvalue weighted by Crippen LogP contribution is -2.28. The van der Waals surface area contributed by atoms with Gasteiger partial charge in [0.2, 0.25) is 5.91 Å². The molecule has 0 saturated heterocycles. The van der Waals surface area contributed by atoms with E-state index in [1.165, 1.54) is 11.8 Å². The van der Waals surface area contributed by atoms with Gasteiger partial charge in [-0.25, -0.2) is 0 Å². The van der Waals surface area contributed by atoms with Crippen LogP contribution in [0, 0.1) is 0 Å². The number of nitrogens with zero attached hydrogens (tertiary/aromatic N) is 4. The van der Waals surface area contributed by atoms with Crippen molar-refractivity contribution in [3.8, 4) is 22.8 Å². The molecule has 0 radical (unpaired) electrons. The van der Waals surface area contributed by atoms with Crippen molar-refractivity contribution in [1.29, 1.82) is 0 Å². The maximum absolute atomic E-state index is 12.5. The fraction of sp³-hybridized carbons (Fsp3) is 0.217. The summed E-state index contributed by atoms with van der Waals surface area (Å²) >= 11 is 1.31. The van der Waals surface area contributed by atoms with Crippen LogP contribution in [0.15, 0.2) is 76.8 Å². The van der Waals surface area contributed by atoms with E-state index in [0.717, 1.165) is 17.0 Å². The van der Waals surface area contributed by atoms with E-state index in [-0.39, 0.29) is 17.7 Å². The van der Waals surface area contributed by atoms with Crippen LogP contribution in [0.2, 0.25) is 0 Å². The van der Waals surface area contributed by atoms with Crippen molar-refractivity contribution in [2.75, 3.05) is 12.4 Å². The second-order valence-electron chi connectivity index (χ2n) is 6.90. The molecule has 0 aliphatic carbocycles. The zero-order valence-electron chi connectivity index (χ0n) is 17.8. The molecule has 4 rings (SSSR count). The highest BCUT2D eigenvalue weighted by molar-refractivity contribution is 7.99. The molecule has 1 atom stereocenters. The van der Waals surface area contributed by atoms with E-state index < -0.39 is 0 Å². The van der Waals surface area contributed by atoms with Gasteiger partial charge < -0.3 is 14.5 Å². The average molecular weight is 450 g/mol. The standard InChI is InChI=1S/C23H23N5O3S/c1-3-30-19-10-8-18(9-11-19)28-22(17-6-4-12-24-14-17)26-27-23(28)32-15-21(29)25-16(2)20-7-5-13-31-20/h4-14,16H,3,15H2,1-2H3,(H,25,29). The van der Waals surface area contributed by atoms with Crippen LogP contribution in [0.5, 0.6) is 5.75 Å². The van der Waals surface area contributed by atoms with E-state index in [2.05, 4.69) is 20.5 Å². The van der Waals surface area contributed by atoms with Crippen molar-refractivity contribution in [3.05, 3.63) is 72.9 Å². The Hall–Kier alpha value is -3.59. The quantitative estimate of drug-likeness (QED) is 0.381. The van der Waals surface area contributed by atoms with Gasteiger partial charge in [0.15, 0.2) is 11.0 Å². The first-order valence-corrected chi connectivity index (χ1v) is 11.2. The number of carbonyl (C=O) groups is 1. The van der Waals surface area contributed by atoms with Crippen LogP contribution in [0.4, 0.5) is 0 Å². The minimum atomic E-state index is -0.215. The van der Waals surface area contributed by atoms with Crippen molar-refractivity contribution in [1.82, 2.24) is 25.1 Å². The number of pyridine rings is 1. The molecule has 1 unspecified atom stereocenters. The number of amides is 1. The van der Waals surface area contributed by atoms with Gasteiger partial charge in [0.1, 0.15) is 11.5 Å². The van der Waals surface area contributed by atoms with Gasteiger partial charge in [-0.05, 0) is 62.4 Å². The SMILES string of the molecule is CCOc1ccc(-n2c(SCC(=O)NC(C)c3ccco3)nnc2-c2cccnc2)cc1. The number of hydrogen-bond acceptors (Lipinski definition) is 7. The molecule has 0 aliphatic heterocycles. The van der Waals surface area contributed by atoms with E-state index in [0.29, 0.717) is 23.3 Å². The number of rotatable bonds is 9. The van der Waals surface area contributed by atoms with Crippen LogP contribution >= 0.6 is 11.8 Å². The summed E-state index contributed by atoms with van der Waals surface area (Å²) in [5.41, 5.74) is 1.70. The van der Waals surface area contributed by atoms with Crippen LogP contribution in [0.3, 0.4) is 0 Å². The molecule has 164 valence electrons. The molecule has 4 aromatic rings. The summed E-state index contributed by atoms with van der Waals surface area (Å²) in [6.45, 7) is 4.42. The number of carbonyl (C=O) groups excluding carboxylic acids is 1. The van der Waals surface area contributed by atoms with Crippen LogP contribution in [0.1, 0.15) is 25.6 Å². The molecule has 8 nitrogen and oxygen atoms in total. The zero-order valence-corrected chi connectivity index (χ0v) is 18.6. The number of furan rings is 1. The summed E-state index contributed by atoms with van der Waals surface area (Å²) in [4.78, 5) is 16.7. The van der Waals surface area contributed by atoms with Gasteiger partial charge in [-0.15, -0.1) is 10.2 Å². The Morgan fingerprint density at radius 2 is 2.03 bits per heavy atom. The van der Waals surface area contributed by atoms with E-state index in [1.54, 1.807) is 24.7 Å². The summed E-state index contributed by atoms with van der Waals surface area (Å²) in [6, 6.07) is 14.9. The largest absolute Gasteiger partial charge is 0.494 e. The predicted octanol–water partition coefficient (Wildman–Crippen LogP) is 4.29. The van der Waals surface area contributed by atoms with Gasteiger partial charge in [-0.1, -0.05) is 11.8 Å². The Kier molecular flexibility index (Phi) is 6.86. The first kappa shape index (κ1) is 21.6. The second kappa shape index (κ2) is 10.1. The van der Waals surface area contributed by atoms with Gasteiger partial charge in [0.25, 0.3) is 0 Å². The number of thioether (sulfide) groups is 1. The van der Waals surface area contributed by atoms with Crippen LogP contribution in [-0.2, 0) is 4.79 Å². The smallest absolute Gasteiger partial charge is 0.231 e. The number of benzene rings is 1. The van der Waals surface area contributed by atoms with Crippen LogP contribution in [-0.4, -0.2) is 38.0 Å².